The van der Waals surface area contributed by atoms with Crippen LogP contribution in [0.15, 0.2) is 24.3 Å². The number of rotatable bonds is 6. The molecule has 1 unspecified atom stereocenters. The number of carbonyl (C=O) groups excluding carboxylic acids is 1. The summed E-state index contributed by atoms with van der Waals surface area (Å²) in [6.07, 6.45) is -1.18. The third-order valence-electron chi connectivity index (χ3n) is 2.31. The number of ether oxygens (including phenoxy) is 2. The Kier molecular flexibility index (Phi) is 5.45. The van der Waals surface area contributed by atoms with Gasteiger partial charge in [0, 0.05) is 6.54 Å². The maximum Gasteiger partial charge on any atom is 0.260 e. The van der Waals surface area contributed by atoms with Crippen molar-refractivity contribution in [1.82, 2.24) is 5.32 Å². The Morgan fingerprint density at radius 3 is 2.33 bits per heavy atom. The number of benzene rings is 1. The minimum absolute atomic E-state index is 0.217. The van der Waals surface area contributed by atoms with Crippen molar-refractivity contribution in [2.75, 3.05) is 13.7 Å². The molecule has 100 valence electrons. The molecule has 0 aliphatic rings. The predicted octanol–water partition coefficient (Wildman–Crippen LogP) is 0.959. The Morgan fingerprint density at radius 1 is 1.28 bits per heavy atom. The molecule has 0 aliphatic heterocycles. The fraction of sp³-hybridized carbons (Fsp3) is 0.462. The predicted molar refractivity (Wildman–Crippen MR) is 67.8 cm³/mol. The van der Waals surface area contributed by atoms with Gasteiger partial charge in [-0.1, -0.05) is 0 Å². The lowest BCUT2D eigenvalue weighted by Gasteiger charge is -2.15. The Labute approximate surface area is 107 Å². The van der Waals surface area contributed by atoms with Gasteiger partial charge in [0.05, 0.1) is 13.2 Å². The first-order valence-corrected chi connectivity index (χ1v) is 5.79. The van der Waals surface area contributed by atoms with Gasteiger partial charge in [-0.3, -0.25) is 4.79 Å². The van der Waals surface area contributed by atoms with Gasteiger partial charge < -0.3 is 19.9 Å². The smallest absolute Gasteiger partial charge is 0.260 e. The van der Waals surface area contributed by atoms with E-state index in [1.807, 2.05) is 0 Å². The summed E-state index contributed by atoms with van der Waals surface area (Å²) in [6.45, 7) is 3.48. The summed E-state index contributed by atoms with van der Waals surface area (Å²) in [6, 6.07) is 6.99. The number of methoxy groups -OCH3 is 1. The van der Waals surface area contributed by atoms with Crippen LogP contribution in [0.1, 0.15) is 13.8 Å². The molecule has 5 heteroatoms. The first-order chi connectivity index (χ1) is 8.52. The summed E-state index contributed by atoms with van der Waals surface area (Å²) in [5, 5.41) is 11.6. The number of aliphatic hydroxyl groups is 1. The van der Waals surface area contributed by atoms with E-state index in [1.54, 1.807) is 45.2 Å². The molecule has 1 aromatic carbocycles. The normalized spacial score (nSPS) is 13.6. The highest BCUT2D eigenvalue weighted by molar-refractivity contribution is 5.80. The van der Waals surface area contributed by atoms with Crippen LogP contribution in [0.2, 0.25) is 0 Å². The molecule has 2 N–H and O–H groups in total. The highest BCUT2D eigenvalue weighted by atomic mass is 16.5. The molecule has 1 amide bonds. The molecule has 0 heterocycles. The molecule has 0 bridgehead atoms. The van der Waals surface area contributed by atoms with Crippen molar-refractivity contribution in [3.8, 4) is 11.5 Å². The van der Waals surface area contributed by atoms with Gasteiger partial charge in [-0.05, 0) is 38.1 Å². The Hall–Kier alpha value is -1.75. The summed E-state index contributed by atoms with van der Waals surface area (Å²) < 4.78 is 10.5. The maximum absolute atomic E-state index is 11.6. The minimum Gasteiger partial charge on any atom is -0.497 e. The van der Waals surface area contributed by atoms with Gasteiger partial charge in [-0.2, -0.15) is 0 Å². The van der Waals surface area contributed by atoms with E-state index >= 15 is 0 Å². The van der Waals surface area contributed by atoms with Crippen LogP contribution in [-0.4, -0.2) is 36.9 Å². The van der Waals surface area contributed by atoms with E-state index in [4.69, 9.17) is 14.6 Å². The second-order valence-electron chi connectivity index (χ2n) is 4.03. The molecule has 0 radical (unpaired) electrons. The quantitative estimate of drug-likeness (QED) is 0.792. The van der Waals surface area contributed by atoms with Gasteiger partial charge in [0.15, 0.2) is 6.10 Å². The van der Waals surface area contributed by atoms with Gasteiger partial charge >= 0.3 is 0 Å². The van der Waals surface area contributed by atoms with Gasteiger partial charge in [-0.15, -0.1) is 0 Å². The molecular weight excluding hydrogens is 234 g/mol. The van der Waals surface area contributed by atoms with E-state index in [1.165, 1.54) is 0 Å². The fourth-order valence-corrected chi connectivity index (χ4v) is 1.30. The average molecular weight is 253 g/mol. The topological polar surface area (TPSA) is 67.8 Å². The standard InChI is InChI=1S/C13H19NO4/c1-9(15)8-14-13(16)10(2)18-12-6-4-11(17-3)5-7-12/h4-7,9-10,15H,8H2,1-3H3,(H,14,16)/t9-,10?/m1/s1. The largest absolute Gasteiger partial charge is 0.497 e. The van der Waals surface area contributed by atoms with Crippen molar-refractivity contribution in [3.63, 3.8) is 0 Å². The highest BCUT2D eigenvalue weighted by Gasteiger charge is 2.14. The summed E-state index contributed by atoms with van der Waals surface area (Å²) in [5.41, 5.74) is 0. The zero-order valence-corrected chi connectivity index (χ0v) is 10.8. The minimum atomic E-state index is -0.614. The number of hydrogen-bond donors (Lipinski definition) is 2. The number of carbonyl (C=O) groups is 1. The summed E-state index contributed by atoms with van der Waals surface area (Å²) >= 11 is 0. The second kappa shape index (κ2) is 6.86. The number of hydrogen-bond acceptors (Lipinski definition) is 4. The first-order valence-electron chi connectivity index (χ1n) is 5.79. The van der Waals surface area contributed by atoms with E-state index in [0.29, 0.717) is 5.75 Å². The first kappa shape index (κ1) is 14.3. The molecule has 0 spiro atoms. The third-order valence-corrected chi connectivity index (χ3v) is 2.31. The van der Waals surface area contributed by atoms with Gasteiger partial charge in [0.1, 0.15) is 11.5 Å². The lowest BCUT2D eigenvalue weighted by Crippen LogP contribution is -2.39. The third kappa shape index (κ3) is 4.63. The molecule has 18 heavy (non-hydrogen) atoms. The molecule has 1 aromatic rings. The molecule has 5 nitrogen and oxygen atoms in total. The van der Waals surface area contributed by atoms with Crippen LogP contribution in [0.3, 0.4) is 0 Å². The summed E-state index contributed by atoms with van der Waals surface area (Å²) in [5.74, 6) is 1.07. The monoisotopic (exact) mass is 253 g/mol. The average Bonchev–Trinajstić information content (AvgIpc) is 2.36. The van der Waals surface area contributed by atoms with Gasteiger partial charge in [0.25, 0.3) is 5.91 Å². The molecule has 0 aliphatic carbocycles. The van der Waals surface area contributed by atoms with Gasteiger partial charge in [0.2, 0.25) is 0 Å². The molecule has 2 atom stereocenters. The van der Waals surface area contributed by atoms with Crippen molar-refractivity contribution in [1.29, 1.82) is 0 Å². The van der Waals surface area contributed by atoms with Crippen molar-refractivity contribution in [2.24, 2.45) is 0 Å². The van der Waals surface area contributed by atoms with Crippen LogP contribution in [-0.2, 0) is 4.79 Å². The number of nitrogens with one attached hydrogen (secondary N) is 1. The van der Waals surface area contributed by atoms with E-state index < -0.39 is 12.2 Å². The SMILES string of the molecule is COc1ccc(OC(C)C(=O)NC[C@@H](C)O)cc1. The molecule has 0 saturated carbocycles. The van der Waals surface area contributed by atoms with E-state index in [-0.39, 0.29) is 12.5 Å². The van der Waals surface area contributed by atoms with Crippen LogP contribution >= 0.6 is 0 Å². The number of amides is 1. The van der Waals surface area contributed by atoms with Crippen molar-refractivity contribution in [3.05, 3.63) is 24.3 Å². The second-order valence-corrected chi connectivity index (χ2v) is 4.03. The van der Waals surface area contributed by atoms with Crippen LogP contribution < -0.4 is 14.8 Å². The maximum atomic E-state index is 11.6. The van der Waals surface area contributed by atoms with E-state index in [2.05, 4.69) is 5.32 Å². The van der Waals surface area contributed by atoms with E-state index in [9.17, 15) is 4.79 Å². The molecule has 0 aromatic heterocycles. The van der Waals surface area contributed by atoms with Crippen LogP contribution in [0.25, 0.3) is 0 Å². The van der Waals surface area contributed by atoms with Crippen molar-refractivity contribution >= 4 is 5.91 Å². The Morgan fingerprint density at radius 2 is 1.83 bits per heavy atom. The molecular formula is C13H19NO4. The molecule has 1 rings (SSSR count). The summed E-state index contributed by atoms with van der Waals surface area (Å²) in [4.78, 5) is 11.6. The van der Waals surface area contributed by atoms with Crippen LogP contribution in [0, 0.1) is 0 Å². The molecule has 0 fully saturated rings. The van der Waals surface area contributed by atoms with Crippen molar-refractivity contribution in [2.45, 2.75) is 26.1 Å². The Balaban J connectivity index is 2.47. The zero-order chi connectivity index (χ0) is 13.5. The summed E-state index contributed by atoms with van der Waals surface area (Å²) in [7, 11) is 1.59. The lowest BCUT2D eigenvalue weighted by atomic mass is 10.3. The lowest BCUT2D eigenvalue weighted by molar-refractivity contribution is -0.127. The Bertz CT molecular complexity index is 375. The van der Waals surface area contributed by atoms with Crippen LogP contribution in [0.5, 0.6) is 11.5 Å². The molecule has 0 saturated heterocycles. The van der Waals surface area contributed by atoms with Crippen molar-refractivity contribution < 1.29 is 19.4 Å². The fourth-order valence-electron chi connectivity index (χ4n) is 1.30. The highest BCUT2D eigenvalue weighted by Crippen LogP contribution is 2.18. The van der Waals surface area contributed by atoms with Crippen LogP contribution in [0.4, 0.5) is 0 Å². The zero-order valence-electron chi connectivity index (χ0n) is 10.8. The number of aliphatic hydroxyl groups excluding tert-OH is 1. The van der Waals surface area contributed by atoms with Gasteiger partial charge in [-0.25, -0.2) is 0 Å². The van der Waals surface area contributed by atoms with E-state index in [0.717, 1.165) is 5.75 Å².